The van der Waals surface area contributed by atoms with Crippen LogP contribution < -0.4 is 10.6 Å². The first-order valence-corrected chi connectivity index (χ1v) is 10.4. The van der Waals surface area contributed by atoms with E-state index in [9.17, 15) is 9.90 Å². The molecular formula is C21H18N6O2S. The van der Waals surface area contributed by atoms with Gasteiger partial charge in [0.05, 0.1) is 22.0 Å². The van der Waals surface area contributed by atoms with E-state index in [1.165, 1.54) is 6.07 Å². The Morgan fingerprint density at radius 3 is 2.87 bits per heavy atom. The van der Waals surface area contributed by atoms with Crippen LogP contribution >= 0.6 is 11.3 Å². The largest absolute Gasteiger partial charge is 0.477 e. The van der Waals surface area contributed by atoms with Crippen LogP contribution in [0.15, 0.2) is 42.5 Å². The molecule has 1 aliphatic heterocycles. The summed E-state index contributed by atoms with van der Waals surface area (Å²) in [5, 5.41) is 25.4. The number of nitrogens with one attached hydrogen (secondary N) is 2. The molecule has 5 rings (SSSR count). The maximum Gasteiger partial charge on any atom is 0.354 e. The molecule has 0 fully saturated rings. The van der Waals surface area contributed by atoms with Gasteiger partial charge in [0.15, 0.2) is 16.8 Å². The van der Waals surface area contributed by atoms with Gasteiger partial charge in [-0.05, 0) is 44.0 Å². The first-order chi connectivity index (χ1) is 14.6. The number of hydrogen-bond acceptors (Lipinski definition) is 8. The average Bonchev–Trinajstić information content (AvgIpc) is 3.18. The van der Waals surface area contributed by atoms with Gasteiger partial charge in [-0.25, -0.2) is 14.8 Å². The molecule has 0 radical (unpaired) electrons. The van der Waals surface area contributed by atoms with Gasteiger partial charge in [-0.3, -0.25) is 0 Å². The van der Waals surface area contributed by atoms with Gasteiger partial charge >= 0.3 is 5.97 Å². The first kappa shape index (κ1) is 18.4. The lowest BCUT2D eigenvalue weighted by atomic mass is 9.95. The Balaban J connectivity index is 1.40. The number of aromatic carboxylic acids is 1. The van der Waals surface area contributed by atoms with E-state index < -0.39 is 5.97 Å². The van der Waals surface area contributed by atoms with Gasteiger partial charge in [0, 0.05) is 11.1 Å². The van der Waals surface area contributed by atoms with Crippen LogP contribution in [0.25, 0.3) is 10.2 Å². The predicted octanol–water partition coefficient (Wildman–Crippen LogP) is 4.33. The van der Waals surface area contributed by atoms with Crippen molar-refractivity contribution in [3.8, 4) is 0 Å². The summed E-state index contributed by atoms with van der Waals surface area (Å²) in [5.74, 6) is 0.370. The summed E-state index contributed by atoms with van der Waals surface area (Å²) in [6.45, 7) is 2.02. The second-order valence-electron chi connectivity index (χ2n) is 7.10. The quantitative estimate of drug-likeness (QED) is 0.449. The average molecular weight is 418 g/mol. The number of aromatic nitrogens is 4. The van der Waals surface area contributed by atoms with Crippen molar-refractivity contribution in [2.24, 2.45) is 0 Å². The number of rotatable bonds is 4. The highest BCUT2D eigenvalue weighted by atomic mass is 32.1. The number of carboxylic acids is 1. The van der Waals surface area contributed by atoms with Crippen molar-refractivity contribution < 1.29 is 9.90 Å². The van der Waals surface area contributed by atoms with Crippen molar-refractivity contribution in [2.45, 2.75) is 25.8 Å². The number of pyridine rings is 1. The third kappa shape index (κ3) is 3.33. The molecule has 0 aliphatic carbocycles. The minimum absolute atomic E-state index is 0.0396. The van der Waals surface area contributed by atoms with E-state index in [1.807, 2.05) is 37.3 Å². The Kier molecular flexibility index (Phi) is 4.51. The van der Waals surface area contributed by atoms with Crippen molar-refractivity contribution >= 4 is 44.3 Å². The number of hydrogen-bond donors (Lipinski definition) is 3. The van der Waals surface area contributed by atoms with Gasteiger partial charge in [0.25, 0.3) is 0 Å². The van der Waals surface area contributed by atoms with Crippen LogP contribution in [0.1, 0.15) is 39.8 Å². The molecule has 1 aromatic carbocycles. The number of fused-ring (bicyclic) bond motifs is 2. The third-order valence-electron chi connectivity index (χ3n) is 5.20. The summed E-state index contributed by atoms with van der Waals surface area (Å²) in [6.07, 6.45) is 1.58. The van der Waals surface area contributed by atoms with Crippen LogP contribution in [0, 0.1) is 6.92 Å². The molecule has 1 aliphatic rings. The van der Waals surface area contributed by atoms with E-state index >= 15 is 0 Å². The zero-order valence-electron chi connectivity index (χ0n) is 16.1. The summed E-state index contributed by atoms with van der Waals surface area (Å²) in [4.78, 5) is 20.1. The lowest BCUT2D eigenvalue weighted by Crippen LogP contribution is -2.22. The Hall–Kier alpha value is -3.59. The van der Waals surface area contributed by atoms with Crippen LogP contribution in [0.2, 0.25) is 0 Å². The molecule has 1 unspecified atom stereocenters. The zero-order chi connectivity index (χ0) is 20.7. The van der Waals surface area contributed by atoms with Crippen LogP contribution in [-0.2, 0) is 6.42 Å². The summed E-state index contributed by atoms with van der Waals surface area (Å²) in [5.41, 5.74) is 3.81. The molecule has 0 spiro atoms. The normalized spacial score (nSPS) is 15.4. The molecule has 150 valence electrons. The van der Waals surface area contributed by atoms with Crippen molar-refractivity contribution in [1.29, 1.82) is 0 Å². The van der Waals surface area contributed by atoms with Crippen LogP contribution in [0.5, 0.6) is 0 Å². The Morgan fingerprint density at radius 1 is 1.17 bits per heavy atom. The third-order valence-corrected chi connectivity index (χ3v) is 6.16. The molecule has 0 saturated heterocycles. The van der Waals surface area contributed by atoms with E-state index in [0.717, 1.165) is 39.3 Å². The van der Waals surface area contributed by atoms with Gasteiger partial charge < -0.3 is 15.7 Å². The second-order valence-corrected chi connectivity index (χ2v) is 8.13. The standard InChI is InChI=1S/C21H18N6O2S/c1-11-12-9-10-14(13-6-4-7-16(22-13)20(28)29)23-19(12)27-26-18(11)25-21-24-15-5-2-3-8-17(15)30-21/h2-8,14H,9-10H2,1H3,(H,23,27)(H,28,29)(H,24,25,26). The van der Waals surface area contributed by atoms with Gasteiger partial charge in [-0.15, -0.1) is 10.2 Å². The number of para-hydroxylation sites is 1. The Bertz CT molecular complexity index is 1240. The SMILES string of the molecule is Cc1c(Nc2nc3ccccc3s2)nnc2c1CCC(c1cccc(C(=O)O)n1)N2. The van der Waals surface area contributed by atoms with Gasteiger partial charge in [0.2, 0.25) is 0 Å². The minimum Gasteiger partial charge on any atom is -0.477 e. The second kappa shape index (κ2) is 7.34. The molecule has 8 nitrogen and oxygen atoms in total. The van der Waals surface area contributed by atoms with Gasteiger partial charge in [-0.1, -0.05) is 29.5 Å². The number of nitrogens with zero attached hydrogens (tertiary/aromatic N) is 4. The molecular weight excluding hydrogens is 400 g/mol. The van der Waals surface area contributed by atoms with Crippen LogP contribution in [0.4, 0.5) is 16.8 Å². The van der Waals surface area contributed by atoms with E-state index in [0.29, 0.717) is 17.3 Å². The monoisotopic (exact) mass is 418 g/mol. The van der Waals surface area contributed by atoms with Gasteiger partial charge in [-0.2, -0.15) is 0 Å². The Morgan fingerprint density at radius 2 is 2.03 bits per heavy atom. The number of anilines is 3. The molecule has 0 amide bonds. The highest BCUT2D eigenvalue weighted by Crippen LogP contribution is 2.35. The predicted molar refractivity (Wildman–Crippen MR) is 116 cm³/mol. The van der Waals surface area contributed by atoms with Crippen molar-refractivity contribution in [2.75, 3.05) is 10.6 Å². The lowest BCUT2D eigenvalue weighted by molar-refractivity contribution is 0.0690. The van der Waals surface area contributed by atoms with Crippen LogP contribution in [0.3, 0.4) is 0 Å². The molecule has 3 N–H and O–H groups in total. The molecule has 9 heteroatoms. The molecule has 1 atom stereocenters. The maximum absolute atomic E-state index is 11.2. The molecule has 0 bridgehead atoms. The smallest absolute Gasteiger partial charge is 0.354 e. The fraction of sp³-hybridized carbons (Fsp3) is 0.190. The summed E-state index contributed by atoms with van der Waals surface area (Å²) >= 11 is 1.58. The highest BCUT2D eigenvalue weighted by Gasteiger charge is 2.25. The fourth-order valence-electron chi connectivity index (χ4n) is 3.64. The van der Waals surface area contributed by atoms with Crippen molar-refractivity contribution in [3.63, 3.8) is 0 Å². The first-order valence-electron chi connectivity index (χ1n) is 9.54. The van der Waals surface area contributed by atoms with E-state index in [2.05, 4.69) is 30.8 Å². The van der Waals surface area contributed by atoms with Crippen LogP contribution in [-0.4, -0.2) is 31.2 Å². The molecule has 30 heavy (non-hydrogen) atoms. The number of carboxylic acid groups (broad SMARTS) is 1. The zero-order valence-corrected chi connectivity index (χ0v) is 16.9. The Labute approximate surface area is 176 Å². The molecule has 4 heterocycles. The topological polar surface area (TPSA) is 113 Å². The van der Waals surface area contributed by atoms with Gasteiger partial charge in [0.1, 0.15) is 5.69 Å². The maximum atomic E-state index is 11.2. The van der Waals surface area contributed by atoms with Crippen molar-refractivity contribution in [3.05, 3.63) is 65.0 Å². The number of carbonyl (C=O) groups is 1. The molecule has 4 aromatic rings. The minimum atomic E-state index is -1.03. The van der Waals surface area contributed by atoms with Crippen molar-refractivity contribution in [1.82, 2.24) is 20.2 Å². The molecule has 0 saturated carbocycles. The number of thiazole rings is 1. The number of benzene rings is 1. The van der Waals surface area contributed by atoms with E-state index in [-0.39, 0.29) is 11.7 Å². The highest BCUT2D eigenvalue weighted by molar-refractivity contribution is 7.22. The summed E-state index contributed by atoms with van der Waals surface area (Å²) < 4.78 is 1.11. The summed E-state index contributed by atoms with van der Waals surface area (Å²) in [6, 6.07) is 12.9. The van der Waals surface area contributed by atoms with E-state index in [1.54, 1.807) is 17.4 Å². The fourth-order valence-corrected chi connectivity index (χ4v) is 4.50. The summed E-state index contributed by atoms with van der Waals surface area (Å²) in [7, 11) is 0. The lowest BCUT2D eigenvalue weighted by Gasteiger charge is -2.27. The molecule has 3 aromatic heterocycles. The van der Waals surface area contributed by atoms with E-state index in [4.69, 9.17) is 0 Å².